The first kappa shape index (κ1) is 10.1. The monoisotopic (exact) mass is 203 g/mol. The molecule has 0 aromatic carbocycles. The van der Waals surface area contributed by atoms with Gasteiger partial charge in [0.15, 0.2) is 14.9 Å². The molecule has 0 bridgehead atoms. The topological polar surface area (TPSA) is 47.0 Å². The molecule has 0 amide bonds. The molecule has 1 aromatic heterocycles. The van der Waals surface area contributed by atoms with Crippen LogP contribution in [0.3, 0.4) is 0 Å². The van der Waals surface area contributed by atoms with E-state index < -0.39 is 16.5 Å². The molecule has 1 rings (SSSR count). The van der Waals surface area contributed by atoms with E-state index in [1.54, 1.807) is 12.1 Å². The fourth-order valence-electron chi connectivity index (χ4n) is 0.880. The molecule has 13 heavy (non-hydrogen) atoms. The van der Waals surface area contributed by atoms with E-state index in [9.17, 15) is 12.8 Å². The molecule has 1 aromatic rings. The number of aromatic nitrogens is 1. The van der Waals surface area contributed by atoms with Gasteiger partial charge in [0.1, 0.15) is 0 Å². The van der Waals surface area contributed by atoms with E-state index in [0.29, 0.717) is 0 Å². The normalized spacial score (nSPS) is 11.5. The predicted molar refractivity (Wildman–Crippen MR) is 46.9 cm³/mol. The van der Waals surface area contributed by atoms with E-state index in [2.05, 4.69) is 4.98 Å². The molecular formula is C8H10FNO2S. The largest absolute Gasteiger partial charge is 0.251 e. The van der Waals surface area contributed by atoms with Crippen molar-refractivity contribution in [2.75, 3.05) is 12.4 Å². The Bertz CT molecular complexity index is 350. The Labute approximate surface area is 76.5 Å². The molecule has 0 aliphatic heterocycles. The van der Waals surface area contributed by atoms with Crippen LogP contribution in [0.5, 0.6) is 0 Å². The van der Waals surface area contributed by atoms with Gasteiger partial charge >= 0.3 is 0 Å². The molecule has 0 spiro atoms. The zero-order valence-corrected chi connectivity index (χ0v) is 7.80. The first-order chi connectivity index (χ1) is 6.17. The number of alkyl halides is 1. The Morgan fingerprint density at radius 3 is 2.69 bits per heavy atom. The lowest BCUT2D eigenvalue weighted by atomic mass is 10.5. The van der Waals surface area contributed by atoms with Crippen LogP contribution in [0.15, 0.2) is 29.4 Å². The van der Waals surface area contributed by atoms with Gasteiger partial charge in [0.05, 0.1) is 12.4 Å². The van der Waals surface area contributed by atoms with Gasteiger partial charge in [0.2, 0.25) is 0 Å². The van der Waals surface area contributed by atoms with Crippen molar-refractivity contribution in [1.82, 2.24) is 4.98 Å². The van der Waals surface area contributed by atoms with Crippen LogP contribution in [0.25, 0.3) is 0 Å². The first-order valence-corrected chi connectivity index (χ1v) is 5.52. The van der Waals surface area contributed by atoms with Gasteiger partial charge in [-0.25, -0.2) is 13.4 Å². The Kier molecular flexibility index (Phi) is 3.36. The molecular weight excluding hydrogens is 193 g/mol. The average molecular weight is 203 g/mol. The van der Waals surface area contributed by atoms with Crippen molar-refractivity contribution >= 4 is 9.84 Å². The third-order valence-electron chi connectivity index (χ3n) is 1.50. The number of hydrogen-bond donors (Lipinski definition) is 0. The van der Waals surface area contributed by atoms with Crippen molar-refractivity contribution in [2.45, 2.75) is 11.4 Å². The van der Waals surface area contributed by atoms with Gasteiger partial charge in [0, 0.05) is 6.20 Å². The van der Waals surface area contributed by atoms with E-state index in [1.807, 2.05) is 0 Å². The second-order valence-electron chi connectivity index (χ2n) is 2.53. The summed E-state index contributed by atoms with van der Waals surface area (Å²) in [5, 5.41) is 0.0171. The van der Waals surface area contributed by atoms with Crippen molar-refractivity contribution in [3.8, 4) is 0 Å². The zero-order chi connectivity index (χ0) is 9.73. The summed E-state index contributed by atoms with van der Waals surface area (Å²) >= 11 is 0. The minimum atomic E-state index is -3.37. The fourth-order valence-corrected chi connectivity index (χ4v) is 2.09. The van der Waals surface area contributed by atoms with Crippen LogP contribution in [-0.4, -0.2) is 25.8 Å². The molecule has 0 radical (unpaired) electrons. The summed E-state index contributed by atoms with van der Waals surface area (Å²) in [4.78, 5) is 3.69. The van der Waals surface area contributed by atoms with Gasteiger partial charge in [-0.3, -0.25) is 4.39 Å². The molecule has 0 N–H and O–H groups in total. The highest BCUT2D eigenvalue weighted by atomic mass is 32.2. The molecule has 5 heteroatoms. The summed E-state index contributed by atoms with van der Waals surface area (Å²) in [6.07, 6.45) is 1.43. The standard InChI is InChI=1S/C8H10FNO2S/c9-5-3-7-13(11,12)8-4-1-2-6-10-8/h1-2,4,6H,3,5,7H2. The Morgan fingerprint density at radius 2 is 2.15 bits per heavy atom. The van der Waals surface area contributed by atoms with Crippen LogP contribution in [0.4, 0.5) is 4.39 Å². The first-order valence-electron chi connectivity index (χ1n) is 3.86. The van der Waals surface area contributed by atoms with Gasteiger partial charge in [-0.1, -0.05) is 6.07 Å². The molecule has 72 valence electrons. The van der Waals surface area contributed by atoms with Crippen molar-refractivity contribution in [2.24, 2.45) is 0 Å². The molecule has 3 nitrogen and oxygen atoms in total. The maximum absolute atomic E-state index is 11.8. The average Bonchev–Trinajstić information content (AvgIpc) is 2.16. The van der Waals surface area contributed by atoms with Crippen LogP contribution in [-0.2, 0) is 9.84 Å². The molecule has 0 saturated heterocycles. The maximum atomic E-state index is 11.8. The van der Waals surface area contributed by atoms with Crippen LogP contribution < -0.4 is 0 Å². The fraction of sp³-hybridized carbons (Fsp3) is 0.375. The third kappa shape index (κ3) is 2.77. The van der Waals surface area contributed by atoms with E-state index in [0.717, 1.165) is 0 Å². The highest BCUT2D eigenvalue weighted by Gasteiger charge is 2.14. The SMILES string of the molecule is O=S(=O)(CCCF)c1ccccn1. The molecule has 1 heterocycles. The van der Waals surface area contributed by atoms with Crippen LogP contribution >= 0.6 is 0 Å². The number of halogens is 1. The molecule has 0 aliphatic carbocycles. The molecule has 0 fully saturated rings. The van der Waals surface area contributed by atoms with Crippen molar-refractivity contribution in [3.05, 3.63) is 24.4 Å². The van der Waals surface area contributed by atoms with Crippen LogP contribution in [0.1, 0.15) is 6.42 Å². The minimum absolute atomic E-state index is 0.0171. The second-order valence-corrected chi connectivity index (χ2v) is 4.59. The van der Waals surface area contributed by atoms with Gasteiger partial charge in [-0.2, -0.15) is 0 Å². The molecule has 0 unspecified atom stereocenters. The van der Waals surface area contributed by atoms with E-state index in [1.165, 1.54) is 12.3 Å². The lowest BCUT2D eigenvalue weighted by Crippen LogP contribution is -2.08. The van der Waals surface area contributed by atoms with Gasteiger partial charge in [-0.05, 0) is 18.6 Å². The van der Waals surface area contributed by atoms with Crippen molar-refractivity contribution < 1.29 is 12.8 Å². The maximum Gasteiger partial charge on any atom is 0.195 e. The summed E-state index contributed by atoms with van der Waals surface area (Å²) in [6.45, 7) is -0.619. The molecule has 0 atom stereocenters. The summed E-state index contributed by atoms with van der Waals surface area (Å²) < 4.78 is 34.5. The third-order valence-corrected chi connectivity index (χ3v) is 3.21. The van der Waals surface area contributed by atoms with E-state index >= 15 is 0 Å². The predicted octanol–water partition coefficient (Wildman–Crippen LogP) is 1.21. The minimum Gasteiger partial charge on any atom is -0.251 e. The Hall–Kier alpha value is -0.970. The number of hydrogen-bond acceptors (Lipinski definition) is 3. The molecule has 0 saturated carbocycles. The second kappa shape index (κ2) is 4.32. The lowest BCUT2D eigenvalue weighted by Gasteiger charge is -2.00. The van der Waals surface area contributed by atoms with Gasteiger partial charge < -0.3 is 0 Å². The number of rotatable bonds is 4. The van der Waals surface area contributed by atoms with E-state index in [4.69, 9.17) is 0 Å². The highest BCUT2D eigenvalue weighted by Crippen LogP contribution is 2.07. The van der Waals surface area contributed by atoms with Gasteiger partial charge in [0.25, 0.3) is 0 Å². The Morgan fingerprint density at radius 1 is 1.38 bits per heavy atom. The quantitative estimate of drug-likeness (QED) is 0.739. The number of pyridine rings is 1. The lowest BCUT2D eigenvalue weighted by molar-refractivity contribution is 0.484. The summed E-state index contributed by atoms with van der Waals surface area (Å²) in [5.74, 6) is -0.180. The summed E-state index contributed by atoms with van der Waals surface area (Å²) in [7, 11) is -3.37. The van der Waals surface area contributed by atoms with E-state index in [-0.39, 0.29) is 17.2 Å². The van der Waals surface area contributed by atoms with Gasteiger partial charge in [-0.15, -0.1) is 0 Å². The zero-order valence-electron chi connectivity index (χ0n) is 6.98. The summed E-state index contributed by atoms with van der Waals surface area (Å²) in [5.41, 5.74) is 0. The van der Waals surface area contributed by atoms with Crippen molar-refractivity contribution in [3.63, 3.8) is 0 Å². The summed E-state index contributed by atoms with van der Waals surface area (Å²) in [6, 6.07) is 4.64. The highest BCUT2D eigenvalue weighted by molar-refractivity contribution is 7.91. The van der Waals surface area contributed by atoms with Crippen LogP contribution in [0.2, 0.25) is 0 Å². The Balaban J connectivity index is 2.83. The number of nitrogens with zero attached hydrogens (tertiary/aromatic N) is 1. The van der Waals surface area contributed by atoms with Crippen LogP contribution in [0, 0.1) is 0 Å². The van der Waals surface area contributed by atoms with Crippen molar-refractivity contribution in [1.29, 1.82) is 0 Å². The smallest absolute Gasteiger partial charge is 0.195 e. The molecule has 0 aliphatic rings. The number of sulfone groups is 1.